The van der Waals surface area contributed by atoms with E-state index in [1.165, 1.54) is 4.68 Å². The SMILES string of the molecule is Cc1c(NC(NC(=O)CC(C)C)C(Cl)(Cl)Cl)c(=O)n(-c2ccccc2)n1C. The lowest BCUT2D eigenvalue weighted by Crippen LogP contribution is -2.50. The van der Waals surface area contributed by atoms with Gasteiger partial charge in [-0.2, -0.15) is 0 Å². The number of carbonyl (C=O) groups is 1. The van der Waals surface area contributed by atoms with Crippen molar-refractivity contribution in [1.29, 1.82) is 0 Å². The number of hydrogen-bond acceptors (Lipinski definition) is 3. The smallest absolute Gasteiger partial charge is 0.295 e. The maximum atomic E-state index is 13.0. The fraction of sp³-hybridized carbons (Fsp3) is 0.444. The third kappa shape index (κ3) is 5.21. The molecule has 1 aromatic carbocycles. The van der Waals surface area contributed by atoms with Gasteiger partial charge < -0.3 is 10.6 Å². The number of nitrogens with zero attached hydrogens (tertiary/aromatic N) is 2. The highest BCUT2D eigenvalue weighted by molar-refractivity contribution is 6.68. The van der Waals surface area contributed by atoms with E-state index in [-0.39, 0.29) is 29.5 Å². The minimum atomic E-state index is -1.85. The van der Waals surface area contributed by atoms with E-state index >= 15 is 0 Å². The number of nitrogens with one attached hydrogen (secondary N) is 2. The van der Waals surface area contributed by atoms with Crippen LogP contribution in [-0.4, -0.2) is 25.2 Å². The second kappa shape index (κ2) is 8.59. The first-order chi connectivity index (χ1) is 12.5. The molecule has 0 aliphatic heterocycles. The van der Waals surface area contributed by atoms with Crippen LogP contribution in [-0.2, 0) is 11.8 Å². The van der Waals surface area contributed by atoms with Crippen molar-refractivity contribution in [2.45, 2.75) is 37.2 Å². The molecule has 1 unspecified atom stereocenters. The zero-order valence-electron chi connectivity index (χ0n) is 15.6. The second-order valence-electron chi connectivity index (χ2n) is 6.72. The van der Waals surface area contributed by atoms with Gasteiger partial charge in [-0.3, -0.25) is 14.3 Å². The first kappa shape index (κ1) is 21.7. The van der Waals surface area contributed by atoms with Gasteiger partial charge in [-0.1, -0.05) is 66.8 Å². The maximum absolute atomic E-state index is 13.0. The molecule has 0 radical (unpaired) electrons. The molecule has 2 N–H and O–H groups in total. The summed E-state index contributed by atoms with van der Waals surface area (Å²) in [6.45, 7) is 5.60. The molecule has 0 aliphatic rings. The molecule has 0 fully saturated rings. The Morgan fingerprint density at radius 3 is 2.30 bits per heavy atom. The predicted octanol–water partition coefficient (Wildman–Crippen LogP) is 3.75. The van der Waals surface area contributed by atoms with Crippen molar-refractivity contribution < 1.29 is 4.79 Å². The monoisotopic (exact) mass is 432 g/mol. The van der Waals surface area contributed by atoms with Gasteiger partial charge in [-0.25, -0.2) is 4.68 Å². The molecule has 1 amide bonds. The summed E-state index contributed by atoms with van der Waals surface area (Å²) in [7, 11) is 1.76. The van der Waals surface area contributed by atoms with E-state index in [0.29, 0.717) is 11.4 Å². The number of amides is 1. The lowest BCUT2D eigenvalue weighted by molar-refractivity contribution is -0.122. The Balaban J connectivity index is 2.39. The summed E-state index contributed by atoms with van der Waals surface area (Å²) in [6, 6.07) is 9.19. The summed E-state index contributed by atoms with van der Waals surface area (Å²) in [5.74, 6) is -0.124. The molecule has 1 atom stereocenters. The molecule has 0 aliphatic carbocycles. The van der Waals surface area contributed by atoms with E-state index in [2.05, 4.69) is 10.6 Å². The van der Waals surface area contributed by atoms with Gasteiger partial charge in [0.15, 0.2) is 0 Å². The molecule has 0 bridgehead atoms. The summed E-state index contributed by atoms with van der Waals surface area (Å²) in [5.41, 5.74) is 1.29. The number of halogens is 3. The van der Waals surface area contributed by atoms with Crippen molar-refractivity contribution in [3.05, 3.63) is 46.4 Å². The summed E-state index contributed by atoms with van der Waals surface area (Å²) >= 11 is 18.1. The maximum Gasteiger partial charge on any atom is 0.295 e. The van der Waals surface area contributed by atoms with Gasteiger partial charge in [0.1, 0.15) is 11.9 Å². The van der Waals surface area contributed by atoms with Gasteiger partial charge in [0, 0.05) is 13.5 Å². The molecule has 27 heavy (non-hydrogen) atoms. The van der Waals surface area contributed by atoms with Crippen molar-refractivity contribution in [1.82, 2.24) is 14.7 Å². The lowest BCUT2D eigenvalue weighted by Gasteiger charge is -2.27. The van der Waals surface area contributed by atoms with Crippen molar-refractivity contribution in [3.63, 3.8) is 0 Å². The number of hydrogen-bond donors (Lipinski definition) is 2. The Morgan fingerprint density at radius 2 is 1.78 bits per heavy atom. The van der Waals surface area contributed by atoms with E-state index in [4.69, 9.17) is 34.8 Å². The molecule has 2 aromatic rings. The number of carbonyl (C=O) groups excluding carboxylic acids is 1. The molecular formula is C18H23Cl3N4O2. The number of para-hydroxylation sites is 1. The van der Waals surface area contributed by atoms with E-state index in [1.54, 1.807) is 18.7 Å². The Labute approximate surface area is 173 Å². The van der Waals surface area contributed by atoms with Gasteiger partial charge in [-0.15, -0.1) is 0 Å². The van der Waals surface area contributed by atoms with Crippen LogP contribution in [0.25, 0.3) is 5.69 Å². The van der Waals surface area contributed by atoms with Crippen molar-refractivity contribution >= 4 is 46.4 Å². The first-order valence-corrected chi connectivity index (χ1v) is 9.62. The summed E-state index contributed by atoms with van der Waals surface area (Å²) in [6.07, 6.45) is -0.784. The fourth-order valence-corrected chi connectivity index (χ4v) is 3.00. The molecule has 1 heterocycles. The average Bonchev–Trinajstić information content (AvgIpc) is 2.77. The molecule has 1 aromatic heterocycles. The highest BCUT2D eigenvalue weighted by Crippen LogP contribution is 2.31. The third-order valence-electron chi connectivity index (χ3n) is 4.07. The standard InChI is InChI=1S/C18H23Cl3N4O2/c1-11(2)10-14(26)22-17(18(19,20)21)23-15-12(3)24(4)25(16(15)27)13-8-6-5-7-9-13/h5-9,11,17,23H,10H2,1-4H3,(H,22,26). The average molecular weight is 434 g/mol. The summed E-state index contributed by atoms with van der Waals surface area (Å²) in [5, 5.41) is 5.57. The van der Waals surface area contributed by atoms with Crippen molar-refractivity contribution in [2.24, 2.45) is 13.0 Å². The van der Waals surface area contributed by atoms with Gasteiger partial charge in [0.2, 0.25) is 9.70 Å². The molecule has 9 heteroatoms. The van der Waals surface area contributed by atoms with Crippen LogP contribution in [0, 0.1) is 12.8 Å². The van der Waals surface area contributed by atoms with Crippen molar-refractivity contribution in [2.75, 3.05) is 5.32 Å². The quantitative estimate of drug-likeness (QED) is 0.538. The minimum absolute atomic E-state index is 0.148. The van der Waals surface area contributed by atoms with E-state index in [9.17, 15) is 9.59 Å². The zero-order chi connectivity index (χ0) is 20.4. The number of rotatable bonds is 6. The Hall–Kier alpha value is -1.63. The molecule has 6 nitrogen and oxygen atoms in total. The van der Waals surface area contributed by atoms with E-state index in [0.717, 1.165) is 0 Å². The van der Waals surface area contributed by atoms with Crippen LogP contribution in [0.5, 0.6) is 0 Å². The Bertz CT molecular complexity index is 854. The van der Waals surface area contributed by atoms with Crippen LogP contribution in [0.4, 0.5) is 5.69 Å². The van der Waals surface area contributed by atoms with Crippen LogP contribution in [0.15, 0.2) is 35.1 Å². The molecule has 0 saturated carbocycles. The van der Waals surface area contributed by atoms with Gasteiger partial charge in [0.05, 0.1) is 11.4 Å². The summed E-state index contributed by atoms with van der Waals surface area (Å²) < 4.78 is 1.35. The van der Waals surface area contributed by atoms with Crippen LogP contribution >= 0.6 is 34.8 Å². The largest absolute Gasteiger partial charge is 0.356 e. The van der Waals surface area contributed by atoms with E-state index < -0.39 is 9.96 Å². The zero-order valence-corrected chi connectivity index (χ0v) is 17.9. The van der Waals surface area contributed by atoms with Crippen molar-refractivity contribution in [3.8, 4) is 5.69 Å². The topological polar surface area (TPSA) is 68.1 Å². The third-order valence-corrected chi connectivity index (χ3v) is 4.72. The first-order valence-electron chi connectivity index (χ1n) is 8.49. The molecular weight excluding hydrogens is 411 g/mol. The normalized spacial score (nSPS) is 12.9. The Kier molecular flexibility index (Phi) is 6.89. The van der Waals surface area contributed by atoms with Gasteiger partial charge in [-0.05, 0) is 25.0 Å². The van der Waals surface area contributed by atoms with Crippen LogP contribution < -0.4 is 16.2 Å². The number of aromatic nitrogens is 2. The molecule has 0 spiro atoms. The molecule has 2 rings (SSSR count). The highest BCUT2D eigenvalue weighted by Gasteiger charge is 2.35. The van der Waals surface area contributed by atoms with Gasteiger partial charge >= 0.3 is 0 Å². The van der Waals surface area contributed by atoms with Crippen LogP contribution in [0.2, 0.25) is 0 Å². The molecule has 0 saturated heterocycles. The summed E-state index contributed by atoms with van der Waals surface area (Å²) in [4.78, 5) is 25.1. The number of benzene rings is 1. The Morgan fingerprint density at radius 1 is 1.19 bits per heavy atom. The number of anilines is 1. The van der Waals surface area contributed by atoms with E-state index in [1.807, 2.05) is 44.2 Å². The predicted molar refractivity (Wildman–Crippen MR) is 111 cm³/mol. The highest BCUT2D eigenvalue weighted by atomic mass is 35.6. The number of alkyl halides is 3. The van der Waals surface area contributed by atoms with Gasteiger partial charge in [0.25, 0.3) is 5.56 Å². The second-order valence-corrected chi connectivity index (χ2v) is 9.09. The van der Waals surface area contributed by atoms with Crippen LogP contribution in [0.1, 0.15) is 26.0 Å². The molecule has 148 valence electrons. The minimum Gasteiger partial charge on any atom is -0.356 e. The lowest BCUT2D eigenvalue weighted by atomic mass is 10.1. The van der Waals surface area contributed by atoms with Crippen LogP contribution in [0.3, 0.4) is 0 Å². The fourth-order valence-electron chi connectivity index (χ4n) is 2.67.